The number of hydrogen-bond donors (Lipinski definition) is 1. The van der Waals surface area contributed by atoms with Crippen molar-refractivity contribution >= 4 is 35.1 Å². The van der Waals surface area contributed by atoms with Crippen LogP contribution < -0.4 is 0 Å². The molecule has 0 fully saturated rings. The number of benzene rings is 3. The second-order valence-electron chi connectivity index (χ2n) is 6.93. The van der Waals surface area contributed by atoms with Crippen molar-refractivity contribution in [3.05, 3.63) is 105 Å². The van der Waals surface area contributed by atoms with Gasteiger partial charge in [0, 0.05) is 22.2 Å². The molecule has 0 bridgehead atoms. The van der Waals surface area contributed by atoms with Gasteiger partial charge in [0.2, 0.25) is 0 Å². The summed E-state index contributed by atoms with van der Waals surface area (Å²) in [6, 6.07) is 20.5. The van der Waals surface area contributed by atoms with E-state index in [1.165, 1.54) is 0 Å². The van der Waals surface area contributed by atoms with E-state index in [0.29, 0.717) is 26.7 Å². The molecule has 3 aromatic rings. The Morgan fingerprint density at radius 1 is 0.931 bits per heavy atom. The third kappa shape index (κ3) is 3.61. The number of carbonyl (C=O) groups excluding carboxylic acids is 1. The Morgan fingerprint density at radius 3 is 2.31 bits per heavy atom. The number of aliphatic carboxylic acids is 1. The highest BCUT2D eigenvalue weighted by atomic mass is 35.5. The van der Waals surface area contributed by atoms with Crippen molar-refractivity contribution < 1.29 is 14.7 Å². The van der Waals surface area contributed by atoms with Crippen LogP contribution in [0.3, 0.4) is 0 Å². The molecule has 1 heterocycles. The van der Waals surface area contributed by atoms with Crippen LogP contribution in [0.4, 0.5) is 0 Å². The Hall–Kier alpha value is -2.82. The van der Waals surface area contributed by atoms with Crippen molar-refractivity contribution in [1.82, 2.24) is 4.90 Å². The van der Waals surface area contributed by atoms with Gasteiger partial charge in [-0.2, -0.15) is 0 Å². The predicted octanol–water partition coefficient (Wildman–Crippen LogP) is 5.56. The maximum Gasteiger partial charge on any atom is 0.313 e. The largest absolute Gasteiger partial charge is 0.481 e. The minimum absolute atomic E-state index is 0.224. The van der Waals surface area contributed by atoms with Gasteiger partial charge in [0.1, 0.15) is 5.92 Å². The number of halogens is 2. The van der Waals surface area contributed by atoms with Gasteiger partial charge >= 0.3 is 5.97 Å². The zero-order valence-corrected chi connectivity index (χ0v) is 16.8. The third-order valence-corrected chi connectivity index (χ3v) is 5.74. The summed E-state index contributed by atoms with van der Waals surface area (Å²) in [6.45, 7) is 0.265. The van der Waals surface area contributed by atoms with Crippen molar-refractivity contribution in [1.29, 1.82) is 0 Å². The Kier molecular flexibility index (Phi) is 5.31. The summed E-state index contributed by atoms with van der Waals surface area (Å²) in [5.74, 6) is -2.19. The normalized spacial score (nSPS) is 18.4. The molecule has 0 saturated carbocycles. The molecule has 6 heteroatoms. The van der Waals surface area contributed by atoms with Crippen LogP contribution in [-0.2, 0) is 11.3 Å². The third-order valence-electron chi connectivity index (χ3n) is 5.18. The van der Waals surface area contributed by atoms with Crippen molar-refractivity contribution in [2.75, 3.05) is 0 Å². The first-order valence-corrected chi connectivity index (χ1v) is 9.84. The van der Waals surface area contributed by atoms with E-state index in [9.17, 15) is 14.7 Å². The SMILES string of the molecule is O=C(O)[C@@H]1c2ccccc2C(=O)N(Cc2ccccc2)[C@H]1c1ccc(Cl)cc1Cl. The molecular weight excluding hydrogens is 409 g/mol. The van der Waals surface area contributed by atoms with E-state index in [-0.39, 0.29) is 12.5 Å². The Labute approximate surface area is 178 Å². The van der Waals surface area contributed by atoms with E-state index in [4.69, 9.17) is 23.2 Å². The monoisotopic (exact) mass is 425 g/mol. The van der Waals surface area contributed by atoms with Crippen LogP contribution in [-0.4, -0.2) is 21.9 Å². The van der Waals surface area contributed by atoms with Gasteiger partial charge in [0.15, 0.2) is 0 Å². The van der Waals surface area contributed by atoms with E-state index in [2.05, 4.69) is 0 Å². The van der Waals surface area contributed by atoms with Gasteiger partial charge in [-0.25, -0.2) is 0 Å². The van der Waals surface area contributed by atoms with E-state index < -0.39 is 17.9 Å². The van der Waals surface area contributed by atoms with E-state index >= 15 is 0 Å². The Bertz CT molecular complexity index is 1080. The number of rotatable bonds is 4. The van der Waals surface area contributed by atoms with Crippen LogP contribution in [0.1, 0.15) is 39.0 Å². The Balaban J connectivity index is 1.92. The fourth-order valence-corrected chi connectivity index (χ4v) is 4.42. The van der Waals surface area contributed by atoms with E-state index in [1.54, 1.807) is 47.4 Å². The highest BCUT2D eigenvalue weighted by molar-refractivity contribution is 6.35. The highest BCUT2D eigenvalue weighted by Gasteiger charge is 2.44. The molecular formula is C23H17Cl2NO3. The summed E-state index contributed by atoms with van der Waals surface area (Å²) < 4.78 is 0. The van der Waals surface area contributed by atoms with Crippen LogP contribution in [0.5, 0.6) is 0 Å². The second kappa shape index (κ2) is 7.90. The maximum atomic E-state index is 13.4. The molecule has 0 aliphatic carbocycles. The molecule has 1 amide bonds. The quantitative estimate of drug-likeness (QED) is 0.595. The van der Waals surface area contributed by atoms with Gasteiger partial charge in [-0.3, -0.25) is 9.59 Å². The average molecular weight is 426 g/mol. The van der Waals surface area contributed by atoms with E-state index in [1.807, 2.05) is 30.3 Å². The first-order chi connectivity index (χ1) is 14.0. The Morgan fingerprint density at radius 2 is 1.62 bits per heavy atom. The first-order valence-electron chi connectivity index (χ1n) is 9.09. The van der Waals surface area contributed by atoms with Crippen LogP contribution in [0.25, 0.3) is 0 Å². The van der Waals surface area contributed by atoms with Crippen LogP contribution in [0.2, 0.25) is 10.0 Å². The molecule has 2 atom stereocenters. The van der Waals surface area contributed by atoms with Gasteiger partial charge in [-0.1, -0.05) is 77.8 Å². The summed E-state index contributed by atoms with van der Waals surface area (Å²) in [5, 5.41) is 10.9. The number of hydrogen-bond acceptors (Lipinski definition) is 2. The molecule has 1 aliphatic rings. The fourth-order valence-electron chi connectivity index (χ4n) is 3.90. The smallest absolute Gasteiger partial charge is 0.313 e. The second-order valence-corrected chi connectivity index (χ2v) is 7.78. The number of amides is 1. The van der Waals surface area contributed by atoms with Gasteiger partial charge in [-0.05, 0) is 34.9 Å². The van der Waals surface area contributed by atoms with Gasteiger partial charge < -0.3 is 10.0 Å². The lowest BCUT2D eigenvalue weighted by Gasteiger charge is -2.41. The van der Waals surface area contributed by atoms with Crippen molar-refractivity contribution in [3.63, 3.8) is 0 Å². The number of nitrogens with zero attached hydrogens (tertiary/aromatic N) is 1. The molecule has 0 aromatic heterocycles. The molecule has 1 N–H and O–H groups in total. The lowest BCUT2D eigenvalue weighted by atomic mass is 9.79. The molecule has 0 saturated heterocycles. The van der Waals surface area contributed by atoms with Crippen LogP contribution in [0.15, 0.2) is 72.8 Å². The highest BCUT2D eigenvalue weighted by Crippen LogP contribution is 2.45. The standard InChI is InChI=1S/C23H17Cl2NO3/c24-15-10-11-18(19(25)12-15)21-20(23(28)29)16-8-4-5-9-17(16)22(27)26(21)13-14-6-2-1-3-7-14/h1-12,20-21H,13H2,(H,28,29)/t20-,21+/m1/s1. The minimum Gasteiger partial charge on any atom is -0.481 e. The summed E-state index contributed by atoms with van der Waals surface area (Å²) in [7, 11) is 0. The molecule has 1 aliphatic heterocycles. The van der Waals surface area contributed by atoms with Crippen LogP contribution >= 0.6 is 23.2 Å². The van der Waals surface area contributed by atoms with Crippen molar-refractivity contribution in [3.8, 4) is 0 Å². The molecule has 3 aromatic carbocycles. The topological polar surface area (TPSA) is 57.6 Å². The zero-order valence-electron chi connectivity index (χ0n) is 15.3. The summed E-state index contributed by atoms with van der Waals surface area (Å²) in [4.78, 5) is 27.4. The maximum absolute atomic E-state index is 13.4. The molecule has 29 heavy (non-hydrogen) atoms. The fraction of sp³-hybridized carbons (Fsp3) is 0.130. The zero-order chi connectivity index (χ0) is 20.5. The minimum atomic E-state index is -1.01. The number of carbonyl (C=O) groups is 2. The lowest BCUT2D eigenvalue weighted by molar-refractivity contribution is -0.140. The van der Waals surface area contributed by atoms with Gasteiger partial charge in [0.25, 0.3) is 5.91 Å². The summed E-state index contributed by atoms with van der Waals surface area (Å²) in [5.41, 5.74) is 2.35. The lowest BCUT2D eigenvalue weighted by Crippen LogP contribution is -2.44. The molecule has 0 unspecified atom stereocenters. The molecule has 0 radical (unpaired) electrons. The molecule has 4 nitrogen and oxygen atoms in total. The van der Waals surface area contributed by atoms with Gasteiger partial charge in [-0.15, -0.1) is 0 Å². The molecule has 4 rings (SSSR count). The van der Waals surface area contributed by atoms with Gasteiger partial charge in [0.05, 0.1) is 6.04 Å². The first kappa shape index (κ1) is 19.5. The van der Waals surface area contributed by atoms with Crippen molar-refractivity contribution in [2.24, 2.45) is 0 Å². The van der Waals surface area contributed by atoms with E-state index in [0.717, 1.165) is 5.56 Å². The number of carboxylic acids is 1. The molecule has 146 valence electrons. The molecule has 0 spiro atoms. The number of carboxylic acid groups (broad SMARTS) is 1. The predicted molar refractivity (Wildman–Crippen MR) is 112 cm³/mol. The van der Waals surface area contributed by atoms with Crippen LogP contribution in [0, 0.1) is 0 Å². The summed E-state index contributed by atoms with van der Waals surface area (Å²) in [6.07, 6.45) is 0. The van der Waals surface area contributed by atoms with Crippen molar-refractivity contribution in [2.45, 2.75) is 18.5 Å². The summed E-state index contributed by atoms with van der Waals surface area (Å²) >= 11 is 12.5. The number of fused-ring (bicyclic) bond motifs is 1. The average Bonchev–Trinajstić information content (AvgIpc) is 2.71.